The largest absolute Gasteiger partial charge is 0.481 e. The van der Waals surface area contributed by atoms with Gasteiger partial charge in [0, 0.05) is 0 Å². The zero-order valence-electron chi connectivity index (χ0n) is 18.2. The van der Waals surface area contributed by atoms with Crippen LogP contribution in [0.15, 0.2) is 0 Å². The number of carbonyl (C=O) groups is 5. The predicted octanol–water partition coefficient (Wildman–Crippen LogP) is -1.48. The number of aliphatic carboxylic acids is 2. The smallest absolute Gasteiger partial charge is 0.326 e. The van der Waals surface area contributed by atoms with Crippen molar-refractivity contribution in [3.05, 3.63) is 0 Å². The van der Waals surface area contributed by atoms with Gasteiger partial charge in [-0.25, -0.2) is 4.79 Å². The van der Waals surface area contributed by atoms with Gasteiger partial charge in [-0.3, -0.25) is 19.2 Å². The van der Waals surface area contributed by atoms with Crippen molar-refractivity contribution in [2.24, 2.45) is 17.4 Å². The molecule has 0 aromatic rings. The van der Waals surface area contributed by atoms with Crippen molar-refractivity contribution in [1.29, 1.82) is 0 Å². The summed E-state index contributed by atoms with van der Waals surface area (Å²) in [6.45, 7) is 5.50. The zero-order chi connectivity index (χ0) is 24.1. The normalized spacial score (nSPS) is 14.8. The average molecular weight is 446 g/mol. The molecule has 0 bridgehead atoms. The van der Waals surface area contributed by atoms with Gasteiger partial charge in [-0.15, -0.1) is 0 Å². The van der Waals surface area contributed by atoms with Gasteiger partial charge < -0.3 is 37.6 Å². The molecule has 0 spiro atoms. The third-order valence-corrected chi connectivity index (χ3v) is 4.39. The van der Waals surface area contributed by atoms with E-state index in [0.717, 1.165) is 6.42 Å². The molecule has 9 N–H and O–H groups in total. The summed E-state index contributed by atoms with van der Waals surface area (Å²) in [5.74, 6) is -4.94. The van der Waals surface area contributed by atoms with Gasteiger partial charge in [0.15, 0.2) is 0 Å². The van der Waals surface area contributed by atoms with Crippen LogP contribution in [0.1, 0.15) is 52.9 Å². The molecule has 0 aliphatic heterocycles. The summed E-state index contributed by atoms with van der Waals surface area (Å²) < 4.78 is 0. The first-order valence-corrected chi connectivity index (χ1v) is 10.2. The van der Waals surface area contributed by atoms with E-state index < -0.39 is 60.2 Å². The van der Waals surface area contributed by atoms with Gasteiger partial charge in [-0.2, -0.15) is 0 Å². The molecule has 0 aromatic heterocycles. The molecule has 0 aromatic carbocycles. The molecule has 0 aliphatic carbocycles. The van der Waals surface area contributed by atoms with E-state index in [1.807, 2.05) is 0 Å². The van der Waals surface area contributed by atoms with Gasteiger partial charge in [-0.05, 0) is 38.6 Å². The number of carboxylic acids is 2. The molecule has 12 heteroatoms. The summed E-state index contributed by atoms with van der Waals surface area (Å²) >= 11 is 0. The highest BCUT2D eigenvalue weighted by Crippen LogP contribution is 2.07. The molecule has 0 aliphatic rings. The van der Waals surface area contributed by atoms with Crippen molar-refractivity contribution in [2.45, 2.75) is 77.0 Å². The van der Waals surface area contributed by atoms with E-state index in [4.69, 9.17) is 21.7 Å². The van der Waals surface area contributed by atoms with E-state index in [1.165, 1.54) is 6.92 Å². The topological polar surface area (TPSA) is 214 Å². The maximum absolute atomic E-state index is 12.5. The van der Waals surface area contributed by atoms with E-state index >= 15 is 0 Å². The zero-order valence-corrected chi connectivity index (χ0v) is 18.2. The highest BCUT2D eigenvalue weighted by atomic mass is 16.4. The van der Waals surface area contributed by atoms with Crippen LogP contribution in [-0.4, -0.2) is 70.6 Å². The molecule has 178 valence electrons. The highest BCUT2D eigenvalue weighted by Gasteiger charge is 2.30. The van der Waals surface area contributed by atoms with Crippen molar-refractivity contribution in [2.75, 3.05) is 6.54 Å². The quantitative estimate of drug-likeness (QED) is 0.146. The Bertz CT molecular complexity index is 641. The van der Waals surface area contributed by atoms with E-state index in [1.54, 1.807) is 13.8 Å². The number of hydrogen-bond donors (Lipinski definition) is 7. The van der Waals surface area contributed by atoms with E-state index in [-0.39, 0.29) is 12.3 Å². The Labute approximate surface area is 181 Å². The van der Waals surface area contributed by atoms with Gasteiger partial charge in [-0.1, -0.05) is 20.3 Å². The molecule has 0 heterocycles. The second kappa shape index (κ2) is 14.3. The number of hydrogen-bond acceptors (Lipinski definition) is 7. The molecule has 4 atom stereocenters. The Morgan fingerprint density at radius 2 is 1.42 bits per heavy atom. The maximum Gasteiger partial charge on any atom is 0.326 e. The van der Waals surface area contributed by atoms with Crippen LogP contribution in [0.25, 0.3) is 0 Å². The first kappa shape index (κ1) is 28.3. The van der Waals surface area contributed by atoms with Gasteiger partial charge in [0.25, 0.3) is 0 Å². The lowest BCUT2D eigenvalue weighted by molar-refractivity contribution is -0.147. The lowest BCUT2D eigenvalue weighted by Gasteiger charge is -2.24. The Hall–Kier alpha value is -2.73. The number of amides is 3. The molecule has 4 unspecified atom stereocenters. The van der Waals surface area contributed by atoms with Gasteiger partial charge >= 0.3 is 11.9 Å². The van der Waals surface area contributed by atoms with Crippen molar-refractivity contribution in [1.82, 2.24) is 16.0 Å². The van der Waals surface area contributed by atoms with E-state index in [9.17, 15) is 24.0 Å². The standard InChI is InChI=1S/C19H35N5O7/c1-10(2)8-13(18(29)24-14(19(30)31)9-15(25)26)23-16(27)11(3)22-17(28)12(21)6-4-5-7-20/h10-14H,4-9,20-21H2,1-3H3,(H,22,28)(H,23,27)(H,24,29)(H,25,26)(H,30,31). The number of nitrogens with two attached hydrogens (primary N) is 2. The summed E-state index contributed by atoms with van der Waals surface area (Å²) in [7, 11) is 0. The molecule has 0 saturated heterocycles. The molecule has 0 saturated carbocycles. The minimum Gasteiger partial charge on any atom is -0.481 e. The molecular weight excluding hydrogens is 410 g/mol. The summed E-state index contributed by atoms with van der Waals surface area (Å²) in [4.78, 5) is 59.1. The Morgan fingerprint density at radius 1 is 0.839 bits per heavy atom. The Morgan fingerprint density at radius 3 is 1.90 bits per heavy atom. The second-order valence-corrected chi connectivity index (χ2v) is 7.81. The SMILES string of the molecule is CC(C)CC(NC(=O)C(C)NC(=O)C(N)CCCCN)C(=O)NC(CC(=O)O)C(=O)O. The van der Waals surface area contributed by atoms with Crippen molar-refractivity contribution >= 4 is 29.7 Å². The lowest BCUT2D eigenvalue weighted by atomic mass is 10.0. The summed E-state index contributed by atoms with van der Waals surface area (Å²) in [5, 5.41) is 25.0. The van der Waals surface area contributed by atoms with E-state index in [0.29, 0.717) is 19.4 Å². The number of carboxylic acid groups (broad SMARTS) is 2. The average Bonchev–Trinajstić information content (AvgIpc) is 2.65. The minimum atomic E-state index is -1.64. The van der Waals surface area contributed by atoms with Crippen LogP contribution in [-0.2, 0) is 24.0 Å². The van der Waals surface area contributed by atoms with Crippen LogP contribution in [0.5, 0.6) is 0 Å². The maximum atomic E-state index is 12.5. The molecule has 0 rings (SSSR count). The number of nitrogens with one attached hydrogen (secondary N) is 3. The van der Waals surface area contributed by atoms with Gasteiger partial charge in [0.05, 0.1) is 12.5 Å². The monoisotopic (exact) mass is 445 g/mol. The third kappa shape index (κ3) is 11.9. The number of rotatable bonds is 15. The highest BCUT2D eigenvalue weighted by molar-refractivity contribution is 5.94. The van der Waals surface area contributed by atoms with Crippen molar-refractivity contribution < 1.29 is 34.2 Å². The number of unbranched alkanes of at least 4 members (excludes halogenated alkanes) is 1. The first-order valence-electron chi connectivity index (χ1n) is 10.2. The third-order valence-electron chi connectivity index (χ3n) is 4.39. The fraction of sp³-hybridized carbons (Fsp3) is 0.737. The lowest BCUT2D eigenvalue weighted by Crippen LogP contribution is -2.56. The summed E-state index contributed by atoms with van der Waals surface area (Å²) in [6, 6.07) is -4.55. The van der Waals surface area contributed by atoms with Crippen molar-refractivity contribution in [3.63, 3.8) is 0 Å². The van der Waals surface area contributed by atoms with Crippen LogP contribution in [0.2, 0.25) is 0 Å². The predicted molar refractivity (Wildman–Crippen MR) is 112 cm³/mol. The summed E-state index contributed by atoms with van der Waals surface area (Å²) in [6.07, 6.45) is 1.18. The van der Waals surface area contributed by atoms with Gasteiger partial charge in [0.2, 0.25) is 17.7 Å². The molecule has 3 amide bonds. The fourth-order valence-electron chi connectivity index (χ4n) is 2.67. The van der Waals surface area contributed by atoms with Crippen LogP contribution >= 0.6 is 0 Å². The number of carbonyl (C=O) groups excluding carboxylic acids is 3. The van der Waals surface area contributed by atoms with Crippen molar-refractivity contribution in [3.8, 4) is 0 Å². The molecule has 0 fully saturated rings. The molecule has 31 heavy (non-hydrogen) atoms. The van der Waals surface area contributed by atoms with Crippen LogP contribution < -0.4 is 27.4 Å². The second-order valence-electron chi connectivity index (χ2n) is 7.81. The molecule has 12 nitrogen and oxygen atoms in total. The van der Waals surface area contributed by atoms with Crippen LogP contribution in [0.3, 0.4) is 0 Å². The van der Waals surface area contributed by atoms with E-state index in [2.05, 4.69) is 16.0 Å². The Kier molecular flexibility index (Phi) is 13.0. The molecule has 0 radical (unpaired) electrons. The summed E-state index contributed by atoms with van der Waals surface area (Å²) in [5.41, 5.74) is 11.2. The van der Waals surface area contributed by atoms with Gasteiger partial charge in [0.1, 0.15) is 18.1 Å². The molecular formula is C19H35N5O7. The van der Waals surface area contributed by atoms with Crippen LogP contribution in [0.4, 0.5) is 0 Å². The van der Waals surface area contributed by atoms with Crippen LogP contribution in [0, 0.1) is 5.92 Å². The fourth-order valence-corrected chi connectivity index (χ4v) is 2.67. The minimum absolute atomic E-state index is 0.0420. The Balaban J connectivity index is 5.03. The first-order chi connectivity index (χ1) is 14.4.